The lowest BCUT2D eigenvalue weighted by Gasteiger charge is -2.08. The van der Waals surface area contributed by atoms with Gasteiger partial charge < -0.3 is 30.4 Å². The number of phenolic OH excluding ortho intramolecular Hbond substituents is 4. The number of hydrogen-bond donors (Lipinski definition) is 6. The molecule has 0 fully saturated rings. The number of azo groups is 4. The van der Waals surface area contributed by atoms with Gasteiger partial charge in [0.1, 0.15) is 23.0 Å². The van der Waals surface area contributed by atoms with E-state index in [9.17, 15) is 20.4 Å². The summed E-state index contributed by atoms with van der Waals surface area (Å²) in [4.78, 5) is 18.9. The van der Waals surface area contributed by atoms with E-state index in [1.54, 1.807) is 48.5 Å². The quantitative estimate of drug-likeness (QED) is 0.0650. The van der Waals surface area contributed by atoms with Crippen molar-refractivity contribution in [3.8, 4) is 67.5 Å². The Hall–Kier alpha value is -14.1. The van der Waals surface area contributed by atoms with Gasteiger partial charge in [0.05, 0.1) is 68.3 Å². The van der Waals surface area contributed by atoms with Crippen LogP contribution < -0.4 is 0 Å². The summed E-state index contributed by atoms with van der Waals surface area (Å²) in [7, 11) is 0. The number of nitrogens with zero attached hydrogens (tertiary/aromatic N) is 10. The summed E-state index contributed by atoms with van der Waals surface area (Å²) in [6.07, 6.45) is 8.19. The minimum atomic E-state index is 0.174. The SMILES string of the molecule is Oc1ccc(N=Nc2ccc(-c3c4nc(c(-c5ccc(N=Nc6ccc(O)c7ccccc67)cc5)c5ccc([nH]5)c(-c5ccc(N=Nc6ccc(O)c7ccccc67)cc5)c5nc(c(-c6ccc(N=Nc7ccc(O)c8ccccc78)cc6)c6ccc3[nH]6)C=C5)C=C4)cc2)c2ccccc12. The molecule has 15 aromatic rings. The molecule has 0 unspecified atom stereocenters. The van der Waals surface area contributed by atoms with Crippen molar-refractivity contribution in [3.05, 3.63) is 290 Å². The first-order valence-electron chi connectivity index (χ1n) is 32.3. The summed E-state index contributed by atoms with van der Waals surface area (Å²) < 4.78 is 0. The van der Waals surface area contributed by atoms with E-state index in [1.165, 1.54) is 0 Å². The van der Waals surface area contributed by atoms with Crippen LogP contribution in [0.4, 0.5) is 45.5 Å². The summed E-state index contributed by atoms with van der Waals surface area (Å²) >= 11 is 0. The van der Waals surface area contributed by atoms with E-state index in [-0.39, 0.29) is 23.0 Å². The Morgan fingerprint density at radius 1 is 0.210 bits per heavy atom. The van der Waals surface area contributed by atoms with Gasteiger partial charge in [0.15, 0.2) is 0 Å². The molecule has 17 rings (SSSR count). The average molecular weight is 1300 g/mol. The number of benzene rings is 12. The molecular weight excluding hydrogens is 1240 g/mol. The van der Waals surface area contributed by atoms with Crippen molar-refractivity contribution in [1.82, 2.24) is 19.9 Å². The van der Waals surface area contributed by atoms with Gasteiger partial charge in [-0.2, -0.15) is 20.5 Å². The first-order chi connectivity index (χ1) is 49.2. The zero-order valence-electron chi connectivity index (χ0n) is 53.0. The molecule has 12 aromatic carbocycles. The third-order valence-corrected chi connectivity index (χ3v) is 18.0. The maximum atomic E-state index is 10.6. The van der Waals surface area contributed by atoms with Crippen molar-refractivity contribution in [2.24, 2.45) is 40.9 Å². The first kappa shape index (κ1) is 59.6. The minimum absolute atomic E-state index is 0.174. The molecular formula is C84H54N12O4. The highest BCUT2D eigenvalue weighted by molar-refractivity contribution is 6.03. The molecule has 0 aliphatic carbocycles. The number of aromatic hydroxyl groups is 4. The molecule has 5 heterocycles. The van der Waals surface area contributed by atoms with E-state index in [4.69, 9.17) is 9.97 Å². The van der Waals surface area contributed by atoms with E-state index in [1.807, 2.05) is 218 Å². The lowest BCUT2D eigenvalue weighted by molar-refractivity contribution is 0.481. The van der Waals surface area contributed by atoms with Gasteiger partial charge in [-0.15, -0.1) is 20.5 Å². The zero-order chi connectivity index (χ0) is 67.2. The van der Waals surface area contributed by atoms with E-state index in [2.05, 4.69) is 75.1 Å². The first-order valence-corrected chi connectivity index (χ1v) is 32.3. The number of phenols is 4. The van der Waals surface area contributed by atoms with Crippen LogP contribution >= 0.6 is 0 Å². The van der Waals surface area contributed by atoms with Crippen LogP contribution in [-0.4, -0.2) is 40.4 Å². The number of fused-ring (bicyclic) bond motifs is 12. The Bertz CT molecular complexity index is 5450. The molecule has 16 heteroatoms. The topological polar surface area (TPSA) is 237 Å². The van der Waals surface area contributed by atoms with Gasteiger partial charge in [0.2, 0.25) is 0 Å². The van der Waals surface area contributed by atoms with Crippen molar-refractivity contribution in [3.63, 3.8) is 0 Å². The van der Waals surface area contributed by atoms with Gasteiger partial charge in [-0.1, -0.05) is 146 Å². The molecule has 0 atom stereocenters. The fraction of sp³-hybridized carbons (Fsp3) is 0. The van der Waals surface area contributed by atoms with Crippen LogP contribution in [0, 0.1) is 0 Å². The maximum absolute atomic E-state index is 10.6. The largest absolute Gasteiger partial charge is 0.507 e. The zero-order valence-corrected chi connectivity index (χ0v) is 53.0. The Morgan fingerprint density at radius 2 is 0.420 bits per heavy atom. The van der Waals surface area contributed by atoms with Crippen LogP contribution in [0.25, 0.3) is 134 Å². The number of H-pyrrole nitrogens is 2. The van der Waals surface area contributed by atoms with Crippen molar-refractivity contribution in [2.75, 3.05) is 0 Å². The van der Waals surface area contributed by atoms with Gasteiger partial charge in [-0.25, -0.2) is 9.97 Å². The Balaban J connectivity index is 0.845. The summed E-state index contributed by atoms with van der Waals surface area (Å²) in [6, 6.07) is 83.8. The second kappa shape index (κ2) is 25.2. The maximum Gasteiger partial charge on any atom is 0.123 e. The van der Waals surface area contributed by atoms with Crippen molar-refractivity contribution in [1.29, 1.82) is 0 Å². The molecule has 474 valence electrons. The number of nitrogens with one attached hydrogen (secondary N) is 2. The Kier molecular flexibility index (Phi) is 15.0. The van der Waals surface area contributed by atoms with Crippen LogP contribution in [0.5, 0.6) is 23.0 Å². The molecule has 0 saturated heterocycles. The minimum Gasteiger partial charge on any atom is -0.507 e. The summed E-state index contributed by atoms with van der Waals surface area (Å²) in [5.74, 6) is 0.697. The Morgan fingerprint density at radius 3 is 0.640 bits per heavy atom. The highest BCUT2D eigenvalue weighted by Crippen LogP contribution is 2.43. The smallest absolute Gasteiger partial charge is 0.123 e. The molecule has 0 saturated carbocycles. The lowest BCUT2D eigenvalue weighted by Crippen LogP contribution is -1.89. The summed E-state index contributed by atoms with van der Waals surface area (Å²) in [5, 5.41) is 85.7. The van der Waals surface area contributed by atoms with Gasteiger partial charge >= 0.3 is 0 Å². The lowest BCUT2D eigenvalue weighted by atomic mass is 10.0. The van der Waals surface area contributed by atoms with Crippen molar-refractivity contribution < 1.29 is 20.4 Å². The highest BCUT2D eigenvalue weighted by atomic mass is 16.3. The van der Waals surface area contributed by atoms with E-state index in [0.717, 1.165) is 88.1 Å². The predicted octanol–water partition coefficient (Wildman–Crippen LogP) is 24.4. The monoisotopic (exact) mass is 1290 g/mol. The fourth-order valence-corrected chi connectivity index (χ4v) is 13.1. The molecule has 0 radical (unpaired) electrons. The fourth-order valence-electron chi connectivity index (χ4n) is 13.1. The standard InChI is InChI=1S/C84H54N12O4/c97-77-45-41-65(57-9-1-5-13-61(57)77)93-89-53-25-17-49(18-26-53)81-69-33-35-71(85-69)82(50-19-27-54(28-20-50)90-94-66-42-46-78(98)62-14-6-2-10-58(62)66)73-37-39-75(87-73)84(52-23-31-56(32-24-52)92-96-68-44-48-80(100)64-16-8-4-12-60(64)68)76-40-38-74(88-76)83(72-36-34-70(81)86-72)51-21-29-55(30-22-51)91-95-67-43-47-79(99)63-15-7-3-11-59(63)67/h1-48,85,88,97-100H. The molecule has 6 N–H and O–H groups in total. The molecule has 16 nitrogen and oxygen atoms in total. The third kappa shape index (κ3) is 11.3. The number of aromatic amines is 2. The molecule has 2 aliphatic heterocycles. The Labute approximate surface area is 570 Å². The normalized spacial score (nSPS) is 12.3. The molecule has 8 bridgehead atoms. The van der Waals surface area contributed by atoms with Crippen molar-refractivity contribution in [2.45, 2.75) is 0 Å². The van der Waals surface area contributed by atoms with Crippen LogP contribution in [-0.2, 0) is 0 Å². The van der Waals surface area contributed by atoms with E-state index in [0.29, 0.717) is 89.8 Å². The van der Waals surface area contributed by atoms with Crippen LogP contribution in [0.15, 0.2) is 308 Å². The van der Waals surface area contributed by atoms with Crippen molar-refractivity contribution >= 4 is 135 Å². The second-order valence-corrected chi connectivity index (χ2v) is 24.1. The molecule has 3 aromatic heterocycles. The number of aromatic nitrogens is 4. The highest BCUT2D eigenvalue weighted by Gasteiger charge is 2.21. The van der Waals surface area contributed by atoms with Gasteiger partial charge in [0.25, 0.3) is 0 Å². The van der Waals surface area contributed by atoms with Gasteiger partial charge in [-0.05, 0) is 168 Å². The predicted molar refractivity (Wildman–Crippen MR) is 400 cm³/mol. The number of hydrogen-bond acceptors (Lipinski definition) is 14. The summed E-state index contributed by atoms with van der Waals surface area (Å²) in [5.41, 5.74) is 17.7. The van der Waals surface area contributed by atoms with Gasteiger partial charge in [0, 0.05) is 87.4 Å². The van der Waals surface area contributed by atoms with Gasteiger partial charge in [-0.3, -0.25) is 0 Å². The average Bonchev–Trinajstić information content (AvgIpc) is 1.60. The van der Waals surface area contributed by atoms with Crippen LogP contribution in [0.1, 0.15) is 22.8 Å². The molecule has 0 spiro atoms. The van der Waals surface area contributed by atoms with E-state index >= 15 is 0 Å². The van der Waals surface area contributed by atoms with Crippen LogP contribution in [0.3, 0.4) is 0 Å². The number of rotatable bonds is 12. The summed E-state index contributed by atoms with van der Waals surface area (Å²) in [6.45, 7) is 0. The van der Waals surface area contributed by atoms with E-state index < -0.39 is 0 Å². The molecule has 100 heavy (non-hydrogen) atoms. The molecule has 0 amide bonds. The second-order valence-electron chi connectivity index (χ2n) is 24.1. The molecule has 2 aliphatic rings. The third-order valence-electron chi connectivity index (χ3n) is 18.0. The van der Waals surface area contributed by atoms with Crippen LogP contribution in [0.2, 0.25) is 0 Å².